The standard InChI is InChI=1S/C17H19N3O/c1-2-5-12-10-13(18)8-9-16(12)21-17-14-6-3-4-7-15(14)19-11-20-17/h2,8-11H,1,3-7,18H2. The number of nitrogen functional groups attached to an aromatic ring is 1. The Kier molecular flexibility index (Phi) is 3.86. The van der Waals surface area contributed by atoms with E-state index in [1.54, 1.807) is 6.33 Å². The van der Waals surface area contributed by atoms with E-state index in [0.717, 1.165) is 47.5 Å². The van der Waals surface area contributed by atoms with Gasteiger partial charge in [0.15, 0.2) is 0 Å². The van der Waals surface area contributed by atoms with Crippen LogP contribution in [0, 0.1) is 0 Å². The van der Waals surface area contributed by atoms with E-state index in [1.807, 2.05) is 24.3 Å². The molecular formula is C17H19N3O. The predicted molar refractivity (Wildman–Crippen MR) is 83.5 cm³/mol. The van der Waals surface area contributed by atoms with E-state index < -0.39 is 0 Å². The molecule has 0 bridgehead atoms. The van der Waals surface area contributed by atoms with E-state index in [2.05, 4.69) is 16.5 Å². The lowest BCUT2D eigenvalue weighted by atomic mass is 9.97. The molecule has 2 N–H and O–H groups in total. The van der Waals surface area contributed by atoms with Gasteiger partial charge >= 0.3 is 0 Å². The maximum Gasteiger partial charge on any atom is 0.225 e. The Bertz CT molecular complexity index is 667. The van der Waals surface area contributed by atoms with E-state index in [9.17, 15) is 0 Å². The first-order valence-electron chi connectivity index (χ1n) is 7.28. The van der Waals surface area contributed by atoms with Crippen LogP contribution in [0.1, 0.15) is 29.7 Å². The fourth-order valence-electron chi connectivity index (χ4n) is 2.70. The summed E-state index contributed by atoms with van der Waals surface area (Å²) in [5.74, 6) is 1.46. The van der Waals surface area contributed by atoms with Crippen LogP contribution in [-0.4, -0.2) is 9.97 Å². The van der Waals surface area contributed by atoms with E-state index in [1.165, 1.54) is 6.42 Å². The maximum atomic E-state index is 6.06. The Morgan fingerprint density at radius 2 is 2.10 bits per heavy atom. The van der Waals surface area contributed by atoms with Crippen LogP contribution >= 0.6 is 0 Å². The second-order valence-corrected chi connectivity index (χ2v) is 5.27. The molecule has 0 fully saturated rings. The number of allylic oxidation sites excluding steroid dienone is 1. The van der Waals surface area contributed by atoms with Crippen molar-refractivity contribution in [3.8, 4) is 11.6 Å². The van der Waals surface area contributed by atoms with Gasteiger partial charge in [-0.15, -0.1) is 6.58 Å². The van der Waals surface area contributed by atoms with Crippen LogP contribution in [0.25, 0.3) is 0 Å². The summed E-state index contributed by atoms with van der Waals surface area (Å²) in [4.78, 5) is 8.69. The monoisotopic (exact) mass is 281 g/mol. The first-order valence-corrected chi connectivity index (χ1v) is 7.28. The molecule has 1 aliphatic carbocycles. The van der Waals surface area contributed by atoms with Gasteiger partial charge in [-0.1, -0.05) is 6.08 Å². The van der Waals surface area contributed by atoms with Crippen LogP contribution in [0.5, 0.6) is 11.6 Å². The quantitative estimate of drug-likeness (QED) is 0.688. The highest BCUT2D eigenvalue weighted by Crippen LogP contribution is 2.32. The van der Waals surface area contributed by atoms with E-state index in [0.29, 0.717) is 12.3 Å². The third-order valence-electron chi connectivity index (χ3n) is 3.74. The van der Waals surface area contributed by atoms with Gasteiger partial charge < -0.3 is 10.5 Å². The molecule has 4 heteroatoms. The minimum Gasteiger partial charge on any atom is -0.438 e. The van der Waals surface area contributed by atoms with Gasteiger partial charge in [-0.25, -0.2) is 9.97 Å². The summed E-state index contributed by atoms with van der Waals surface area (Å²) in [6.07, 6.45) is 8.49. The molecule has 21 heavy (non-hydrogen) atoms. The average molecular weight is 281 g/mol. The predicted octanol–water partition coefficient (Wildman–Crippen LogP) is 3.46. The molecular weight excluding hydrogens is 262 g/mol. The molecule has 4 nitrogen and oxygen atoms in total. The lowest BCUT2D eigenvalue weighted by Gasteiger charge is -2.18. The van der Waals surface area contributed by atoms with Crippen LogP contribution in [0.4, 0.5) is 5.69 Å². The van der Waals surface area contributed by atoms with Crippen molar-refractivity contribution in [2.24, 2.45) is 0 Å². The summed E-state index contributed by atoms with van der Waals surface area (Å²) in [6.45, 7) is 3.78. The number of fused-ring (bicyclic) bond motifs is 1. The van der Waals surface area contributed by atoms with Gasteiger partial charge in [-0.3, -0.25) is 0 Å². The van der Waals surface area contributed by atoms with Gasteiger partial charge in [0, 0.05) is 16.8 Å². The van der Waals surface area contributed by atoms with Gasteiger partial charge in [0.1, 0.15) is 12.1 Å². The summed E-state index contributed by atoms with van der Waals surface area (Å²) >= 11 is 0. The van der Waals surface area contributed by atoms with E-state index in [4.69, 9.17) is 10.5 Å². The van der Waals surface area contributed by atoms with Crippen molar-refractivity contribution in [2.75, 3.05) is 5.73 Å². The van der Waals surface area contributed by atoms with Crippen LogP contribution < -0.4 is 10.5 Å². The van der Waals surface area contributed by atoms with Crippen LogP contribution in [0.3, 0.4) is 0 Å². The van der Waals surface area contributed by atoms with Crippen molar-refractivity contribution < 1.29 is 4.74 Å². The number of nitrogens with zero attached hydrogens (tertiary/aromatic N) is 2. The Morgan fingerprint density at radius 3 is 2.95 bits per heavy atom. The largest absolute Gasteiger partial charge is 0.438 e. The van der Waals surface area contributed by atoms with Gasteiger partial charge in [0.05, 0.1) is 5.69 Å². The molecule has 0 aliphatic heterocycles. The lowest BCUT2D eigenvalue weighted by Crippen LogP contribution is -2.08. The van der Waals surface area contributed by atoms with Crippen molar-refractivity contribution in [3.63, 3.8) is 0 Å². The fourth-order valence-corrected chi connectivity index (χ4v) is 2.70. The fraction of sp³-hybridized carbons (Fsp3) is 0.294. The summed E-state index contributed by atoms with van der Waals surface area (Å²) in [5.41, 5.74) is 9.86. The number of ether oxygens (including phenoxy) is 1. The van der Waals surface area contributed by atoms with E-state index in [-0.39, 0.29) is 0 Å². The van der Waals surface area contributed by atoms with Crippen LogP contribution in [0.2, 0.25) is 0 Å². The molecule has 0 spiro atoms. The van der Waals surface area contributed by atoms with E-state index >= 15 is 0 Å². The molecule has 1 heterocycles. The molecule has 2 aromatic rings. The Hall–Kier alpha value is -2.36. The molecule has 0 radical (unpaired) electrons. The highest BCUT2D eigenvalue weighted by Gasteiger charge is 2.17. The topological polar surface area (TPSA) is 61.0 Å². The maximum absolute atomic E-state index is 6.06. The lowest BCUT2D eigenvalue weighted by molar-refractivity contribution is 0.443. The first kappa shape index (κ1) is 13.6. The van der Waals surface area contributed by atoms with Gasteiger partial charge in [-0.05, 0) is 50.3 Å². The summed E-state index contributed by atoms with van der Waals surface area (Å²) in [5, 5.41) is 0. The number of hydrogen-bond donors (Lipinski definition) is 1. The number of rotatable bonds is 4. The molecule has 0 atom stereocenters. The van der Waals surface area contributed by atoms with Crippen LogP contribution in [0.15, 0.2) is 37.2 Å². The summed E-state index contributed by atoms with van der Waals surface area (Å²) < 4.78 is 6.06. The Balaban J connectivity index is 1.95. The molecule has 0 unspecified atom stereocenters. The highest BCUT2D eigenvalue weighted by atomic mass is 16.5. The number of nitrogens with two attached hydrogens (primary N) is 1. The van der Waals surface area contributed by atoms with Crippen molar-refractivity contribution in [2.45, 2.75) is 32.1 Å². The summed E-state index contributed by atoms with van der Waals surface area (Å²) in [6, 6.07) is 5.66. The third-order valence-corrected chi connectivity index (χ3v) is 3.74. The second-order valence-electron chi connectivity index (χ2n) is 5.27. The number of anilines is 1. The minimum atomic E-state index is 0.676. The molecule has 1 aliphatic rings. The zero-order chi connectivity index (χ0) is 14.7. The van der Waals surface area contributed by atoms with Crippen molar-refractivity contribution >= 4 is 5.69 Å². The third kappa shape index (κ3) is 2.89. The molecule has 0 saturated heterocycles. The van der Waals surface area contributed by atoms with Crippen molar-refractivity contribution in [1.29, 1.82) is 0 Å². The van der Waals surface area contributed by atoms with Crippen LogP contribution in [-0.2, 0) is 19.3 Å². The molecule has 1 aromatic heterocycles. The average Bonchev–Trinajstić information content (AvgIpc) is 2.50. The zero-order valence-electron chi connectivity index (χ0n) is 12.0. The molecule has 108 valence electrons. The number of benzene rings is 1. The van der Waals surface area contributed by atoms with Gasteiger partial charge in [-0.2, -0.15) is 0 Å². The summed E-state index contributed by atoms with van der Waals surface area (Å²) in [7, 11) is 0. The first-order chi connectivity index (χ1) is 10.3. The Morgan fingerprint density at radius 1 is 1.24 bits per heavy atom. The SMILES string of the molecule is C=CCc1cc(N)ccc1Oc1ncnc2c1CCCC2. The minimum absolute atomic E-state index is 0.676. The van der Waals surface area contributed by atoms with Crippen molar-refractivity contribution in [1.82, 2.24) is 9.97 Å². The normalized spacial score (nSPS) is 13.5. The van der Waals surface area contributed by atoms with Crippen molar-refractivity contribution in [3.05, 3.63) is 54.0 Å². The second kappa shape index (κ2) is 5.95. The molecule has 1 aromatic carbocycles. The highest BCUT2D eigenvalue weighted by molar-refractivity contribution is 5.50. The molecule has 0 saturated carbocycles. The molecule has 0 amide bonds. The van der Waals surface area contributed by atoms with Gasteiger partial charge in [0.2, 0.25) is 5.88 Å². The zero-order valence-corrected chi connectivity index (χ0v) is 12.0. The smallest absolute Gasteiger partial charge is 0.225 e. The van der Waals surface area contributed by atoms with Gasteiger partial charge in [0.25, 0.3) is 0 Å². The molecule has 3 rings (SSSR count). The number of aryl methyl sites for hydroxylation is 1. The number of aromatic nitrogens is 2. The number of hydrogen-bond acceptors (Lipinski definition) is 4. The Labute approximate surface area is 124 Å².